The summed E-state index contributed by atoms with van der Waals surface area (Å²) in [5.41, 5.74) is 1.31. The first-order chi connectivity index (χ1) is 17.0. The summed E-state index contributed by atoms with van der Waals surface area (Å²) in [6.45, 7) is 2.95. The predicted molar refractivity (Wildman–Crippen MR) is 141 cm³/mol. The number of nitrogens with zero attached hydrogens (tertiary/aromatic N) is 1. The van der Waals surface area contributed by atoms with E-state index in [4.69, 9.17) is 42.3 Å². The minimum absolute atomic E-state index is 0.0509. The molecule has 2 aromatic carbocycles. The number of carbonyl (C=O) groups is 1. The molecule has 0 heterocycles. The number of hydrogen-bond acceptors (Lipinski definition) is 6. The van der Waals surface area contributed by atoms with Crippen LogP contribution >= 0.6 is 23.2 Å². The van der Waals surface area contributed by atoms with E-state index in [2.05, 4.69) is 12.1 Å². The van der Waals surface area contributed by atoms with Crippen molar-refractivity contribution in [1.82, 2.24) is 0 Å². The van der Waals surface area contributed by atoms with Crippen LogP contribution in [0.2, 0.25) is 10.0 Å². The Kier molecular flexibility index (Phi) is 13.4. The van der Waals surface area contributed by atoms with Crippen molar-refractivity contribution in [2.45, 2.75) is 64.9 Å². The van der Waals surface area contributed by atoms with Gasteiger partial charge in [-0.2, -0.15) is 0 Å². The van der Waals surface area contributed by atoms with Crippen molar-refractivity contribution in [3.63, 3.8) is 0 Å². The maximum atomic E-state index is 12.1. The molecular formula is C27H35Cl2NO5. The number of hydrogen-bond donors (Lipinski definition) is 0. The third-order valence-corrected chi connectivity index (χ3v) is 6.01. The van der Waals surface area contributed by atoms with E-state index in [1.54, 1.807) is 24.3 Å². The largest absolute Gasteiger partial charge is 0.490 e. The molecule has 0 aromatic heterocycles. The third-order valence-electron chi connectivity index (χ3n) is 5.44. The first-order valence-corrected chi connectivity index (χ1v) is 12.8. The molecule has 0 spiro atoms. The molecule has 0 saturated carbocycles. The molecule has 8 heteroatoms. The van der Waals surface area contributed by atoms with E-state index in [1.165, 1.54) is 52.7 Å². The molecule has 6 nitrogen and oxygen atoms in total. The van der Waals surface area contributed by atoms with Gasteiger partial charge in [0, 0.05) is 17.7 Å². The van der Waals surface area contributed by atoms with Gasteiger partial charge in [0.25, 0.3) is 0 Å². The number of esters is 1. The number of ether oxygens (including phenoxy) is 3. The lowest BCUT2D eigenvalue weighted by Gasteiger charge is -2.14. The van der Waals surface area contributed by atoms with Crippen LogP contribution in [0.1, 0.15) is 69.4 Å². The van der Waals surface area contributed by atoms with Crippen molar-refractivity contribution >= 4 is 34.9 Å². The van der Waals surface area contributed by atoms with Gasteiger partial charge in [0.15, 0.2) is 11.5 Å². The van der Waals surface area contributed by atoms with E-state index in [1.807, 2.05) is 12.1 Å². The van der Waals surface area contributed by atoms with Gasteiger partial charge in [-0.25, -0.2) is 4.79 Å². The molecular weight excluding hydrogens is 489 g/mol. The lowest BCUT2D eigenvalue weighted by Crippen LogP contribution is -2.19. The Morgan fingerprint density at radius 2 is 1.51 bits per heavy atom. The standard InChI is InChI=1S/C27H35Cl2NO5/c1-4-5-6-7-8-9-10-13-16-34-26-23(28)17-21(18-24(26)29)35-19-20-14-11-12-15-22(20)25(30-33-3)27(31)32-2/h11-12,14-15,17-18H,4-10,13,16,19H2,1-3H3/b30-25+. The predicted octanol–water partition coefficient (Wildman–Crippen LogP) is 7.62. The monoisotopic (exact) mass is 523 g/mol. The van der Waals surface area contributed by atoms with E-state index in [-0.39, 0.29) is 12.3 Å². The van der Waals surface area contributed by atoms with Crippen molar-refractivity contribution < 1.29 is 23.8 Å². The minimum atomic E-state index is -0.608. The highest BCUT2D eigenvalue weighted by molar-refractivity contribution is 6.43. The first kappa shape index (κ1) is 28.8. The first-order valence-electron chi connectivity index (χ1n) is 12.0. The third kappa shape index (κ3) is 9.61. The lowest BCUT2D eigenvalue weighted by atomic mass is 10.0. The summed E-state index contributed by atoms with van der Waals surface area (Å²) in [6.07, 6.45) is 9.80. The molecule has 192 valence electrons. The maximum absolute atomic E-state index is 12.1. The highest BCUT2D eigenvalue weighted by Crippen LogP contribution is 2.37. The van der Waals surface area contributed by atoms with E-state index in [0.717, 1.165) is 18.4 Å². The smallest absolute Gasteiger partial charge is 0.360 e. The topological polar surface area (TPSA) is 66.3 Å². The number of carbonyl (C=O) groups excluding carboxylic acids is 1. The molecule has 0 N–H and O–H groups in total. The highest BCUT2D eigenvalue weighted by Gasteiger charge is 2.19. The Hall–Kier alpha value is -2.44. The maximum Gasteiger partial charge on any atom is 0.360 e. The summed E-state index contributed by atoms with van der Waals surface area (Å²) in [5.74, 6) is 0.338. The molecule has 2 rings (SSSR count). The fraction of sp³-hybridized carbons (Fsp3) is 0.481. The van der Waals surface area contributed by atoms with Crippen LogP contribution in [0.3, 0.4) is 0 Å². The van der Waals surface area contributed by atoms with Crippen molar-refractivity contribution in [2.24, 2.45) is 5.16 Å². The van der Waals surface area contributed by atoms with E-state index in [0.29, 0.717) is 33.7 Å². The zero-order chi connectivity index (χ0) is 25.5. The quantitative estimate of drug-likeness (QED) is 0.0978. The zero-order valence-electron chi connectivity index (χ0n) is 20.8. The average Bonchev–Trinajstić information content (AvgIpc) is 2.86. The van der Waals surface area contributed by atoms with Gasteiger partial charge in [0.05, 0.1) is 23.8 Å². The second kappa shape index (κ2) is 16.3. The lowest BCUT2D eigenvalue weighted by molar-refractivity contribution is -0.132. The van der Waals surface area contributed by atoms with Crippen LogP contribution in [0.15, 0.2) is 41.6 Å². The van der Waals surface area contributed by atoms with Gasteiger partial charge in [-0.1, -0.05) is 104 Å². The number of benzene rings is 2. The SMILES string of the molecule is CCCCCCCCCCOc1c(Cl)cc(OCc2ccccc2/C(=N\OC)C(=O)OC)cc1Cl. The van der Waals surface area contributed by atoms with Crippen LogP contribution in [0.5, 0.6) is 11.5 Å². The van der Waals surface area contributed by atoms with Crippen LogP contribution in [-0.4, -0.2) is 32.5 Å². The number of rotatable bonds is 16. The van der Waals surface area contributed by atoms with Gasteiger partial charge in [-0.05, 0) is 12.0 Å². The molecule has 0 fully saturated rings. The molecule has 0 saturated heterocycles. The highest BCUT2D eigenvalue weighted by atomic mass is 35.5. The molecule has 0 atom stereocenters. The van der Waals surface area contributed by atoms with E-state index >= 15 is 0 Å². The fourth-order valence-corrected chi connectivity index (χ4v) is 4.17. The summed E-state index contributed by atoms with van der Waals surface area (Å²) >= 11 is 12.8. The fourth-order valence-electron chi connectivity index (χ4n) is 3.59. The van der Waals surface area contributed by atoms with Gasteiger partial charge in [0.1, 0.15) is 19.5 Å². The van der Waals surface area contributed by atoms with Gasteiger partial charge in [-0.3, -0.25) is 0 Å². The number of methoxy groups -OCH3 is 1. The van der Waals surface area contributed by atoms with Crippen molar-refractivity contribution in [2.75, 3.05) is 20.8 Å². The number of oxime groups is 1. The molecule has 0 radical (unpaired) electrons. The number of halogens is 2. The van der Waals surface area contributed by atoms with Gasteiger partial charge < -0.3 is 19.0 Å². The molecule has 0 bridgehead atoms. The second-order valence-electron chi connectivity index (χ2n) is 8.10. The van der Waals surface area contributed by atoms with Gasteiger partial charge in [-0.15, -0.1) is 0 Å². The Balaban J connectivity index is 1.94. The summed E-state index contributed by atoms with van der Waals surface area (Å²) in [5, 5.41) is 4.58. The molecule has 35 heavy (non-hydrogen) atoms. The van der Waals surface area contributed by atoms with Crippen molar-refractivity contribution in [3.05, 3.63) is 57.6 Å². The molecule has 0 unspecified atom stereocenters. The normalized spacial score (nSPS) is 11.3. The molecule has 2 aromatic rings. The van der Waals surface area contributed by atoms with Crippen LogP contribution in [0.4, 0.5) is 0 Å². The second-order valence-corrected chi connectivity index (χ2v) is 8.91. The van der Waals surface area contributed by atoms with Gasteiger partial charge in [0.2, 0.25) is 0 Å². The zero-order valence-corrected chi connectivity index (χ0v) is 22.3. The van der Waals surface area contributed by atoms with Gasteiger partial charge >= 0.3 is 5.97 Å². The number of unbranched alkanes of at least 4 members (excludes halogenated alkanes) is 7. The van der Waals surface area contributed by atoms with E-state index in [9.17, 15) is 4.79 Å². The molecule has 0 amide bonds. The van der Waals surface area contributed by atoms with Crippen LogP contribution in [0, 0.1) is 0 Å². The summed E-state index contributed by atoms with van der Waals surface area (Å²) in [6, 6.07) is 10.5. The Morgan fingerprint density at radius 3 is 2.14 bits per heavy atom. The summed E-state index contributed by atoms with van der Waals surface area (Å²) < 4.78 is 16.6. The average molecular weight is 524 g/mol. The Morgan fingerprint density at radius 1 is 0.886 bits per heavy atom. The van der Waals surface area contributed by atoms with Crippen molar-refractivity contribution in [1.29, 1.82) is 0 Å². The van der Waals surface area contributed by atoms with E-state index < -0.39 is 5.97 Å². The molecule has 0 aliphatic heterocycles. The van der Waals surface area contributed by atoms with Crippen LogP contribution in [-0.2, 0) is 21.0 Å². The van der Waals surface area contributed by atoms with Crippen molar-refractivity contribution in [3.8, 4) is 11.5 Å². The molecule has 0 aliphatic carbocycles. The van der Waals surface area contributed by atoms with Crippen LogP contribution in [0.25, 0.3) is 0 Å². The minimum Gasteiger partial charge on any atom is -0.490 e. The van der Waals surface area contributed by atoms with Crippen LogP contribution < -0.4 is 9.47 Å². The molecule has 0 aliphatic rings. The summed E-state index contributed by atoms with van der Waals surface area (Å²) in [4.78, 5) is 16.9. The summed E-state index contributed by atoms with van der Waals surface area (Å²) in [7, 11) is 2.65. The Bertz CT molecular complexity index is 941. The Labute approximate surface area is 218 Å².